The molecule has 3 amide bonds. The van der Waals surface area contributed by atoms with Gasteiger partial charge in [-0.15, -0.1) is 0 Å². The van der Waals surface area contributed by atoms with Crippen LogP contribution in [-0.2, 0) is 14.3 Å². The van der Waals surface area contributed by atoms with Gasteiger partial charge in [0.25, 0.3) is 5.91 Å². The van der Waals surface area contributed by atoms with Gasteiger partial charge in [0.05, 0.1) is 0 Å². The maximum absolute atomic E-state index is 12.1. The monoisotopic (exact) mass is 334 g/mol. The summed E-state index contributed by atoms with van der Waals surface area (Å²) < 4.78 is 10.6. The number of rotatable bonds is 6. The van der Waals surface area contributed by atoms with E-state index in [0.29, 0.717) is 12.3 Å². The summed E-state index contributed by atoms with van der Waals surface area (Å²) in [6.07, 6.45) is -1.04. The summed E-state index contributed by atoms with van der Waals surface area (Å²) in [5, 5.41) is 2.52. The fourth-order valence-corrected chi connectivity index (χ4v) is 2.41. The van der Waals surface area contributed by atoms with Gasteiger partial charge in [-0.2, -0.15) is 0 Å². The average Bonchev–Trinajstić information content (AvgIpc) is 2.98. The maximum Gasteiger partial charge on any atom is 0.344 e. The molecule has 0 aliphatic carbocycles. The third-order valence-corrected chi connectivity index (χ3v) is 3.67. The Balaban J connectivity index is 1.87. The summed E-state index contributed by atoms with van der Waals surface area (Å²) >= 11 is 0. The first-order valence-electron chi connectivity index (χ1n) is 7.90. The predicted molar refractivity (Wildman–Crippen MR) is 86.7 cm³/mol. The number of urea groups is 1. The lowest BCUT2D eigenvalue weighted by atomic mass is 10.0. The maximum atomic E-state index is 12.1. The molecule has 0 radical (unpaired) electrons. The number of amides is 3. The molecule has 1 fully saturated rings. The summed E-state index contributed by atoms with van der Waals surface area (Å²) in [5.41, 5.74) is 0.989. The van der Waals surface area contributed by atoms with E-state index in [0.717, 1.165) is 10.5 Å². The Kier molecular flexibility index (Phi) is 5.78. The number of ether oxygens (including phenoxy) is 2. The van der Waals surface area contributed by atoms with Crippen LogP contribution in [0.4, 0.5) is 4.79 Å². The number of imide groups is 1. The number of nitrogens with one attached hydrogen (secondary N) is 1. The van der Waals surface area contributed by atoms with Crippen LogP contribution >= 0.6 is 0 Å². The van der Waals surface area contributed by atoms with Crippen LogP contribution in [-0.4, -0.2) is 48.6 Å². The van der Waals surface area contributed by atoms with E-state index in [1.165, 1.54) is 6.92 Å². The van der Waals surface area contributed by atoms with Crippen molar-refractivity contribution in [3.8, 4) is 5.75 Å². The highest BCUT2D eigenvalue weighted by molar-refractivity contribution is 5.98. The van der Waals surface area contributed by atoms with E-state index >= 15 is 0 Å². The van der Waals surface area contributed by atoms with E-state index in [1.807, 2.05) is 32.0 Å². The highest BCUT2D eigenvalue weighted by Crippen LogP contribution is 2.25. The van der Waals surface area contributed by atoms with Gasteiger partial charge in [-0.25, -0.2) is 9.59 Å². The number of benzene rings is 1. The molecule has 24 heavy (non-hydrogen) atoms. The van der Waals surface area contributed by atoms with Crippen molar-refractivity contribution in [1.82, 2.24) is 10.2 Å². The molecule has 1 saturated heterocycles. The third kappa shape index (κ3) is 4.24. The van der Waals surface area contributed by atoms with Crippen molar-refractivity contribution in [1.29, 1.82) is 0 Å². The quantitative estimate of drug-likeness (QED) is 0.800. The fraction of sp³-hybridized carbons (Fsp3) is 0.471. The smallest absolute Gasteiger partial charge is 0.344 e. The zero-order valence-electron chi connectivity index (χ0n) is 14.1. The number of hydrogen-bond acceptors (Lipinski definition) is 5. The zero-order valence-corrected chi connectivity index (χ0v) is 14.1. The number of nitrogens with zero attached hydrogens (tertiary/aromatic N) is 1. The van der Waals surface area contributed by atoms with Crippen LogP contribution in [0.2, 0.25) is 0 Å². The van der Waals surface area contributed by atoms with Crippen molar-refractivity contribution in [2.75, 3.05) is 19.7 Å². The van der Waals surface area contributed by atoms with Gasteiger partial charge in [0, 0.05) is 13.1 Å². The standard InChI is InChI=1S/C17H22N2O5/c1-11(2)13-6-4-5-7-14(13)23-10-15(20)24-12(3)16(21)19-9-8-18-17(19)22/h4-7,11-12H,8-10H2,1-3H3,(H,18,22)/t12-/m0/s1. The molecule has 0 spiro atoms. The van der Waals surface area contributed by atoms with E-state index in [-0.39, 0.29) is 19.1 Å². The summed E-state index contributed by atoms with van der Waals surface area (Å²) in [6.45, 7) is 5.88. The molecule has 1 aromatic carbocycles. The Bertz CT molecular complexity index is 629. The van der Waals surface area contributed by atoms with Gasteiger partial charge in [0.1, 0.15) is 5.75 Å². The van der Waals surface area contributed by atoms with Crippen LogP contribution in [0.1, 0.15) is 32.3 Å². The number of esters is 1. The van der Waals surface area contributed by atoms with E-state index < -0.39 is 24.0 Å². The third-order valence-electron chi connectivity index (χ3n) is 3.67. The summed E-state index contributed by atoms with van der Waals surface area (Å²) in [5.74, 6) is -0.330. The molecule has 1 aromatic rings. The molecule has 1 aliphatic heterocycles. The second-order valence-corrected chi connectivity index (χ2v) is 5.84. The molecule has 1 heterocycles. The minimum atomic E-state index is -1.04. The molecule has 7 heteroatoms. The van der Waals surface area contributed by atoms with Crippen molar-refractivity contribution >= 4 is 17.9 Å². The lowest BCUT2D eigenvalue weighted by molar-refractivity contribution is -0.159. The predicted octanol–water partition coefficient (Wildman–Crippen LogP) is 1.67. The molecule has 1 aliphatic rings. The molecule has 0 saturated carbocycles. The minimum Gasteiger partial charge on any atom is -0.482 e. The van der Waals surface area contributed by atoms with Crippen LogP contribution in [0, 0.1) is 0 Å². The first-order valence-corrected chi connectivity index (χ1v) is 7.90. The van der Waals surface area contributed by atoms with E-state index in [4.69, 9.17) is 9.47 Å². The van der Waals surface area contributed by atoms with Crippen LogP contribution in [0.3, 0.4) is 0 Å². The second kappa shape index (κ2) is 7.81. The minimum absolute atomic E-state index is 0.256. The van der Waals surface area contributed by atoms with Crippen LogP contribution in [0.15, 0.2) is 24.3 Å². The first-order chi connectivity index (χ1) is 11.4. The van der Waals surface area contributed by atoms with Gasteiger partial charge in [0.15, 0.2) is 12.7 Å². The van der Waals surface area contributed by atoms with Crippen LogP contribution in [0.25, 0.3) is 0 Å². The normalized spacial score (nSPS) is 15.2. The highest BCUT2D eigenvalue weighted by Gasteiger charge is 2.31. The van der Waals surface area contributed by atoms with E-state index in [2.05, 4.69) is 5.32 Å². The summed E-state index contributed by atoms with van der Waals surface area (Å²) in [6, 6.07) is 6.98. The first kappa shape index (κ1) is 17.8. The van der Waals surface area contributed by atoms with Gasteiger partial charge in [0.2, 0.25) is 0 Å². The largest absolute Gasteiger partial charge is 0.482 e. The summed E-state index contributed by atoms with van der Waals surface area (Å²) in [4.78, 5) is 36.4. The molecule has 0 bridgehead atoms. The molecule has 1 atom stereocenters. The van der Waals surface area contributed by atoms with Crippen molar-refractivity contribution in [3.05, 3.63) is 29.8 Å². The van der Waals surface area contributed by atoms with E-state index in [9.17, 15) is 14.4 Å². The van der Waals surface area contributed by atoms with Gasteiger partial charge >= 0.3 is 12.0 Å². The van der Waals surface area contributed by atoms with Crippen molar-refractivity contribution in [2.24, 2.45) is 0 Å². The van der Waals surface area contributed by atoms with Crippen LogP contribution in [0.5, 0.6) is 5.75 Å². The molecular formula is C17H22N2O5. The number of carbonyl (C=O) groups is 3. The topological polar surface area (TPSA) is 84.9 Å². The SMILES string of the molecule is CC(C)c1ccccc1OCC(=O)O[C@@H](C)C(=O)N1CCNC1=O. The fourth-order valence-electron chi connectivity index (χ4n) is 2.41. The molecule has 0 aromatic heterocycles. The van der Waals surface area contributed by atoms with Gasteiger partial charge < -0.3 is 14.8 Å². The van der Waals surface area contributed by atoms with Gasteiger partial charge in [-0.05, 0) is 24.5 Å². The molecule has 7 nitrogen and oxygen atoms in total. The lowest BCUT2D eigenvalue weighted by Gasteiger charge is -2.18. The average molecular weight is 334 g/mol. The summed E-state index contributed by atoms with van der Waals surface area (Å²) in [7, 11) is 0. The molecule has 130 valence electrons. The Hall–Kier alpha value is -2.57. The molecule has 1 N–H and O–H groups in total. The molecular weight excluding hydrogens is 312 g/mol. The van der Waals surface area contributed by atoms with Gasteiger partial charge in [-0.1, -0.05) is 32.0 Å². The lowest BCUT2D eigenvalue weighted by Crippen LogP contribution is -2.42. The number of para-hydroxylation sites is 1. The number of carbonyl (C=O) groups excluding carboxylic acids is 3. The van der Waals surface area contributed by atoms with E-state index in [1.54, 1.807) is 6.07 Å². The van der Waals surface area contributed by atoms with Crippen LogP contribution < -0.4 is 10.1 Å². The number of hydrogen-bond donors (Lipinski definition) is 1. The molecule has 2 rings (SSSR count). The Morgan fingerprint density at radius 2 is 1.96 bits per heavy atom. The Morgan fingerprint density at radius 1 is 1.25 bits per heavy atom. The molecule has 0 unspecified atom stereocenters. The Morgan fingerprint density at radius 3 is 2.58 bits per heavy atom. The van der Waals surface area contributed by atoms with Crippen molar-refractivity contribution < 1.29 is 23.9 Å². The van der Waals surface area contributed by atoms with Crippen molar-refractivity contribution in [3.63, 3.8) is 0 Å². The highest BCUT2D eigenvalue weighted by atomic mass is 16.6. The zero-order chi connectivity index (χ0) is 17.7. The second-order valence-electron chi connectivity index (χ2n) is 5.84. The van der Waals surface area contributed by atoms with Gasteiger partial charge in [-0.3, -0.25) is 9.69 Å². The Labute approximate surface area is 140 Å². The van der Waals surface area contributed by atoms with Crippen molar-refractivity contribution in [2.45, 2.75) is 32.8 Å².